The topological polar surface area (TPSA) is 127 Å². The van der Waals surface area contributed by atoms with Gasteiger partial charge in [0.05, 0.1) is 28.6 Å². The van der Waals surface area contributed by atoms with Gasteiger partial charge in [-0.05, 0) is 73.3 Å². The minimum absolute atomic E-state index is 0.0459. The van der Waals surface area contributed by atoms with Crippen LogP contribution in [0.4, 0.5) is 18.4 Å². The molecule has 0 unspecified atom stereocenters. The van der Waals surface area contributed by atoms with Crippen molar-refractivity contribution in [3.05, 3.63) is 44.7 Å². The van der Waals surface area contributed by atoms with Gasteiger partial charge in [0, 0.05) is 24.7 Å². The summed E-state index contributed by atoms with van der Waals surface area (Å²) in [5, 5.41) is 12.3. The average molecular weight is 616 g/mol. The number of hydrogen-bond donors (Lipinski definition) is 2. The summed E-state index contributed by atoms with van der Waals surface area (Å²) >= 11 is 0. The van der Waals surface area contributed by atoms with Crippen molar-refractivity contribution in [3.8, 4) is 11.8 Å². The van der Waals surface area contributed by atoms with Crippen molar-refractivity contribution in [1.29, 1.82) is 0 Å². The van der Waals surface area contributed by atoms with E-state index in [1.54, 1.807) is 53.0 Å². The third-order valence-corrected chi connectivity index (χ3v) is 7.35. The molecule has 12 heteroatoms. The third kappa shape index (κ3) is 6.98. The van der Waals surface area contributed by atoms with Gasteiger partial charge < -0.3 is 29.4 Å². The molecule has 2 atom stereocenters. The molecule has 1 saturated carbocycles. The lowest BCUT2D eigenvalue weighted by molar-refractivity contribution is 0.0206. The Morgan fingerprint density at radius 1 is 1.07 bits per heavy atom. The van der Waals surface area contributed by atoms with Crippen LogP contribution < -0.4 is 10.7 Å². The average Bonchev–Trinajstić information content (AvgIpc) is 3.65. The zero-order valence-electron chi connectivity index (χ0n) is 26.1. The Labute approximate surface area is 254 Å². The van der Waals surface area contributed by atoms with Crippen molar-refractivity contribution < 1.29 is 37.7 Å². The van der Waals surface area contributed by atoms with Crippen molar-refractivity contribution in [2.24, 2.45) is 0 Å². The number of rotatable bonds is 5. The first-order valence-corrected chi connectivity index (χ1v) is 14.7. The van der Waals surface area contributed by atoms with E-state index in [2.05, 4.69) is 17.2 Å². The van der Waals surface area contributed by atoms with Crippen LogP contribution >= 0.6 is 0 Å². The first-order chi connectivity index (χ1) is 20.4. The Balaban J connectivity index is 1.80. The van der Waals surface area contributed by atoms with Crippen molar-refractivity contribution in [2.75, 3.05) is 6.54 Å². The zero-order valence-corrected chi connectivity index (χ0v) is 26.1. The summed E-state index contributed by atoms with van der Waals surface area (Å²) in [5.41, 5.74) is -3.01. The van der Waals surface area contributed by atoms with Crippen LogP contribution in [-0.4, -0.2) is 62.6 Å². The minimum atomic E-state index is -1.44. The SMILES string of the molecule is CCc1c(C(=O)O)c(=O)c2cc(F)c(F)c(C#CC[C@@H]3[C@@H](NC(=O)OC(C)(C)C)CCN3C(=O)OC(C)(C)C)c2n1C1CC1. The lowest BCUT2D eigenvalue weighted by Gasteiger charge is -2.30. The maximum absolute atomic E-state index is 15.5. The van der Waals surface area contributed by atoms with E-state index >= 15 is 4.39 Å². The fourth-order valence-corrected chi connectivity index (χ4v) is 5.50. The second-order valence-corrected chi connectivity index (χ2v) is 13.1. The van der Waals surface area contributed by atoms with Crippen LogP contribution in [0.3, 0.4) is 0 Å². The normalized spacial score (nSPS) is 18.5. The highest BCUT2D eigenvalue weighted by molar-refractivity contribution is 5.96. The van der Waals surface area contributed by atoms with Crippen LogP contribution in [0.15, 0.2) is 10.9 Å². The van der Waals surface area contributed by atoms with E-state index in [-0.39, 0.29) is 47.6 Å². The summed E-state index contributed by atoms with van der Waals surface area (Å²) in [4.78, 5) is 52.5. The molecule has 1 aliphatic carbocycles. The second-order valence-electron chi connectivity index (χ2n) is 13.1. The molecule has 0 bridgehead atoms. The Morgan fingerprint density at radius 2 is 1.70 bits per heavy atom. The summed E-state index contributed by atoms with van der Waals surface area (Å²) in [6.45, 7) is 12.3. The van der Waals surface area contributed by atoms with Gasteiger partial charge in [-0.2, -0.15) is 0 Å². The Kier molecular flexibility index (Phi) is 9.01. The van der Waals surface area contributed by atoms with Gasteiger partial charge in [0.1, 0.15) is 16.8 Å². The number of benzene rings is 1. The van der Waals surface area contributed by atoms with E-state index in [4.69, 9.17) is 9.47 Å². The Hall–Kier alpha value is -4.14. The van der Waals surface area contributed by atoms with Gasteiger partial charge in [0.25, 0.3) is 0 Å². The number of likely N-dealkylation sites (tertiary alicyclic amines) is 1. The first-order valence-electron chi connectivity index (χ1n) is 14.7. The first kappa shape index (κ1) is 32.8. The van der Waals surface area contributed by atoms with E-state index in [1.165, 1.54) is 4.90 Å². The molecule has 10 nitrogen and oxygen atoms in total. The molecule has 1 aliphatic heterocycles. The number of carboxylic acids is 1. The van der Waals surface area contributed by atoms with E-state index in [0.29, 0.717) is 19.3 Å². The molecule has 2 heterocycles. The predicted molar refractivity (Wildman–Crippen MR) is 159 cm³/mol. The van der Waals surface area contributed by atoms with Gasteiger partial charge in [-0.1, -0.05) is 18.8 Å². The number of carbonyl (C=O) groups is 3. The number of halogens is 2. The molecule has 1 aromatic heterocycles. The lowest BCUT2D eigenvalue weighted by Crippen LogP contribution is -2.48. The van der Waals surface area contributed by atoms with Crippen LogP contribution in [0.1, 0.15) is 102 Å². The number of alkyl carbamates (subject to hydrolysis) is 1. The summed E-state index contributed by atoms with van der Waals surface area (Å²) in [5.74, 6) is 1.52. The highest BCUT2D eigenvalue weighted by Gasteiger charge is 2.40. The van der Waals surface area contributed by atoms with E-state index < -0.39 is 64.1 Å². The van der Waals surface area contributed by atoms with Gasteiger partial charge in [0.2, 0.25) is 5.43 Å². The van der Waals surface area contributed by atoms with Crippen LogP contribution in [-0.2, 0) is 15.9 Å². The fourth-order valence-electron chi connectivity index (χ4n) is 5.50. The van der Waals surface area contributed by atoms with Crippen LogP contribution in [0.25, 0.3) is 10.9 Å². The minimum Gasteiger partial charge on any atom is -0.477 e. The van der Waals surface area contributed by atoms with Crippen LogP contribution in [0.5, 0.6) is 0 Å². The summed E-state index contributed by atoms with van der Waals surface area (Å²) < 4.78 is 42.9. The van der Waals surface area contributed by atoms with Gasteiger partial charge in [-0.3, -0.25) is 4.79 Å². The van der Waals surface area contributed by atoms with E-state index in [1.807, 2.05) is 0 Å². The maximum atomic E-state index is 15.5. The molecule has 2 N–H and O–H groups in total. The molecule has 238 valence electrons. The number of carboxylic acid groups (broad SMARTS) is 1. The van der Waals surface area contributed by atoms with Crippen molar-refractivity contribution >= 4 is 29.1 Å². The summed E-state index contributed by atoms with van der Waals surface area (Å²) in [6, 6.07) is -0.722. The highest BCUT2D eigenvalue weighted by atomic mass is 19.2. The standard InChI is InChI=1S/C32H39F2N3O7/c1-8-22-24(28(39)40)27(38)19-16-20(33)25(34)18(26(19)37(22)17-12-13-17)10-9-11-23-21(35-29(41)43-31(2,3)4)14-15-36(23)30(42)44-32(5,6)7/h16-17,21,23H,8,11-15H2,1-7H3,(H,35,41)(H,39,40)/t21-,23+/m0/s1. The molecular formula is C32H39F2N3O7. The van der Waals surface area contributed by atoms with E-state index in [0.717, 1.165) is 6.07 Å². The maximum Gasteiger partial charge on any atom is 0.410 e. The number of nitrogens with zero attached hydrogens (tertiary/aromatic N) is 2. The molecule has 2 aliphatic rings. The summed E-state index contributed by atoms with van der Waals surface area (Å²) in [7, 11) is 0. The van der Waals surface area contributed by atoms with Crippen LogP contribution in [0.2, 0.25) is 0 Å². The smallest absolute Gasteiger partial charge is 0.410 e. The monoisotopic (exact) mass is 615 g/mol. The van der Waals surface area contributed by atoms with Gasteiger partial charge in [-0.15, -0.1) is 0 Å². The Bertz CT molecular complexity index is 1620. The van der Waals surface area contributed by atoms with Crippen LogP contribution in [0, 0.1) is 23.5 Å². The largest absolute Gasteiger partial charge is 0.477 e. The number of fused-ring (bicyclic) bond motifs is 1. The molecule has 2 aromatic rings. The lowest BCUT2D eigenvalue weighted by atomic mass is 10.0. The Morgan fingerprint density at radius 3 is 2.25 bits per heavy atom. The quantitative estimate of drug-likeness (QED) is 0.424. The number of ether oxygens (including phenoxy) is 2. The number of aromatic carboxylic acids is 1. The molecule has 44 heavy (non-hydrogen) atoms. The molecule has 4 rings (SSSR count). The number of pyridine rings is 1. The van der Waals surface area contributed by atoms with Crippen molar-refractivity contribution in [3.63, 3.8) is 0 Å². The second kappa shape index (κ2) is 12.1. The molecule has 1 saturated heterocycles. The molecule has 0 spiro atoms. The predicted octanol–water partition coefficient (Wildman–Crippen LogP) is 5.52. The fraction of sp³-hybridized carbons (Fsp3) is 0.562. The third-order valence-electron chi connectivity index (χ3n) is 7.35. The van der Waals surface area contributed by atoms with E-state index in [9.17, 15) is 28.7 Å². The van der Waals surface area contributed by atoms with Crippen molar-refractivity contribution in [1.82, 2.24) is 14.8 Å². The number of amides is 2. The highest BCUT2D eigenvalue weighted by Crippen LogP contribution is 2.40. The molecule has 2 amide bonds. The zero-order chi connectivity index (χ0) is 32.7. The number of carbonyl (C=O) groups excluding carboxylic acids is 2. The number of nitrogens with one attached hydrogen (secondary N) is 1. The van der Waals surface area contributed by atoms with Gasteiger partial charge >= 0.3 is 18.2 Å². The summed E-state index contributed by atoms with van der Waals surface area (Å²) in [6.07, 6.45) is 0.571. The number of hydrogen-bond acceptors (Lipinski definition) is 6. The van der Waals surface area contributed by atoms with Gasteiger partial charge in [-0.25, -0.2) is 23.2 Å². The molecule has 0 radical (unpaired) electrons. The molecule has 1 aromatic carbocycles. The van der Waals surface area contributed by atoms with Gasteiger partial charge in [0.15, 0.2) is 11.6 Å². The van der Waals surface area contributed by atoms with Crippen molar-refractivity contribution in [2.45, 2.75) is 110 Å². The molecular weight excluding hydrogens is 576 g/mol. The number of aromatic nitrogens is 1. The molecule has 2 fully saturated rings.